The van der Waals surface area contributed by atoms with Crippen molar-refractivity contribution in [3.63, 3.8) is 0 Å². The highest BCUT2D eigenvalue weighted by Gasteiger charge is 2.09. The standard InChI is InChI=1S/C17H22N2/c1-2-19-17(16-8-4-3-5-9-16)10-6-7-15-11-13-18-14-12-15/h3-5,8-9,11-14,17,19H,2,6-7,10H2,1H3. The average Bonchev–Trinajstić information content (AvgIpc) is 2.48. The third-order valence-corrected chi connectivity index (χ3v) is 3.36. The molecule has 0 bridgehead atoms. The second kappa shape index (κ2) is 7.70. The summed E-state index contributed by atoms with van der Waals surface area (Å²) in [5.74, 6) is 0. The molecule has 1 aromatic carbocycles. The zero-order chi connectivity index (χ0) is 13.3. The fraction of sp³-hybridized carbons (Fsp3) is 0.353. The predicted molar refractivity (Wildman–Crippen MR) is 80.0 cm³/mol. The first-order chi connectivity index (χ1) is 9.40. The Morgan fingerprint density at radius 1 is 1.05 bits per heavy atom. The molecule has 0 aliphatic heterocycles. The maximum atomic E-state index is 4.05. The second-order valence-electron chi connectivity index (χ2n) is 4.77. The number of pyridine rings is 1. The maximum Gasteiger partial charge on any atom is 0.0320 e. The van der Waals surface area contributed by atoms with Crippen molar-refractivity contribution in [2.75, 3.05) is 6.54 Å². The minimum Gasteiger partial charge on any atom is -0.310 e. The van der Waals surface area contributed by atoms with Gasteiger partial charge < -0.3 is 5.32 Å². The van der Waals surface area contributed by atoms with Gasteiger partial charge in [-0.2, -0.15) is 0 Å². The van der Waals surface area contributed by atoms with E-state index >= 15 is 0 Å². The number of rotatable bonds is 7. The first-order valence-electron chi connectivity index (χ1n) is 7.07. The zero-order valence-electron chi connectivity index (χ0n) is 11.5. The molecule has 1 heterocycles. The van der Waals surface area contributed by atoms with Gasteiger partial charge in [-0.05, 0) is 49.1 Å². The molecule has 0 saturated heterocycles. The molecule has 0 fully saturated rings. The molecule has 1 unspecified atom stereocenters. The van der Waals surface area contributed by atoms with Crippen molar-refractivity contribution in [3.8, 4) is 0 Å². The molecular formula is C17H22N2. The molecule has 1 aromatic heterocycles. The van der Waals surface area contributed by atoms with Gasteiger partial charge in [0.1, 0.15) is 0 Å². The monoisotopic (exact) mass is 254 g/mol. The molecule has 2 rings (SSSR count). The van der Waals surface area contributed by atoms with Crippen LogP contribution in [-0.4, -0.2) is 11.5 Å². The predicted octanol–water partition coefficient (Wildman–Crippen LogP) is 3.76. The van der Waals surface area contributed by atoms with Crippen molar-refractivity contribution < 1.29 is 0 Å². The van der Waals surface area contributed by atoms with Gasteiger partial charge in [0.15, 0.2) is 0 Å². The number of hydrogen-bond donors (Lipinski definition) is 1. The Hall–Kier alpha value is -1.67. The number of aryl methyl sites for hydroxylation is 1. The van der Waals surface area contributed by atoms with Crippen molar-refractivity contribution >= 4 is 0 Å². The van der Waals surface area contributed by atoms with Gasteiger partial charge in [-0.15, -0.1) is 0 Å². The van der Waals surface area contributed by atoms with Crippen LogP contribution in [-0.2, 0) is 6.42 Å². The Morgan fingerprint density at radius 2 is 1.79 bits per heavy atom. The van der Waals surface area contributed by atoms with E-state index in [2.05, 4.69) is 59.7 Å². The molecule has 1 atom stereocenters. The highest BCUT2D eigenvalue weighted by atomic mass is 14.9. The third-order valence-electron chi connectivity index (χ3n) is 3.36. The summed E-state index contributed by atoms with van der Waals surface area (Å²) in [4.78, 5) is 4.05. The number of nitrogens with one attached hydrogen (secondary N) is 1. The van der Waals surface area contributed by atoms with Gasteiger partial charge in [0.25, 0.3) is 0 Å². The summed E-state index contributed by atoms with van der Waals surface area (Å²) < 4.78 is 0. The molecule has 0 saturated carbocycles. The van der Waals surface area contributed by atoms with Crippen LogP contribution in [0.25, 0.3) is 0 Å². The van der Waals surface area contributed by atoms with Crippen molar-refractivity contribution in [1.82, 2.24) is 10.3 Å². The Kier molecular flexibility index (Phi) is 5.57. The van der Waals surface area contributed by atoms with Crippen LogP contribution in [0.2, 0.25) is 0 Å². The van der Waals surface area contributed by atoms with Gasteiger partial charge in [0, 0.05) is 18.4 Å². The molecular weight excluding hydrogens is 232 g/mol. The molecule has 0 aliphatic carbocycles. The van der Waals surface area contributed by atoms with Crippen molar-refractivity contribution in [2.24, 2.45) is 0 Å². The smallest absolute Gasteiger partial charge is 0.0320 e. The molecule has 2 heteroatoms. The normalized spacial score (nSPS) is 12.3. The Labute approximate surface area is 115 Å². The summed E-state index contributed by atoms with van der Waals surface area (Å²) in [5.41, 5.74) is 2.76. The zero-order valence-corrected chi connectivity index (χ0v) is 11.5. The molecule has 0 radical (unpaired) electrons. The summed E-state index contributed by atoms with van der Waals surface area (Å²) >= 11 is 0. The van der Waals surface area contributed by atoms with Crippen LogP contribution in [0.3, 0.4) is 0 Å². The van der Waals surface area contributed by atoms with Crippen LogP contribution in [0.15, 0.2) is 54.9 Å². The molecule has 0 spiro atoms. The minimum absolute atomic E-state index is 0.466. The van der Waals surface area contributed by atoms with Crippen LogP contribution >= 0.6 is 0 Å². The van der Waals surface area contributed by atoms with E-state index in [1.807, 2.05) is 12.4 Å². The van der Waals surface area contributed by atoms with Gasteiger partial charge in [-0.1, -0.05) is 37.3 Å². The van der Waals surface area contributed by atoms with Gasteiger partial charge in [-0.25, -0.2) is 0 Å². The summed E-state index contributed by atoms with van der Waals surface area (Å²) in [5, 5.41) is 3.57. The largest absolute Gasteiger partial charge is 0.310 e. The van der Waals surface area contributed by atoms with E-state index in [1.54, 1.807) is 0 Å². The lowest BCUT2D eigenvalue weighted by molar-refractivity contribution is 0.498. The summed E-state index contributed by atoms with van der Waals surface area (Å²) in [6.07, 6.45) is 7.22. The fourth-order valence-electron chi connectivity index (χ4n) is 2.38. The lowest BCUT2D eigenvalue weighted by Crippen LogP contribution is -2.20. The molecule has 19 heavy (non-hydrogen) atoms. The molecule has 0 aliphatic rings. The van der Waals surface area contributed by atoms with Crippen LogP contribution < -0.4 is 5.32 Å². The van der Waals surface area contributed by atoms with Crippen LogP contribution in [0.1, 0.15) is 36.9 Å². The van der Waals surface area contributed by atoms with E-state index in [4.69, 9.17) is 0 Å². The highest BCUT2D eigenvalue weighted by Crippen LogP contribution is 2.19. The first-order valence-corrected chi connectivity index (χ1v) is 7.07. The van der Waals surface area contributed by atoms with Crippen LogP contribution in [0, 0.1) is 0 Å². The van der Waals surface area contributed by atoms with Gasteiger partial charge in [-0.3, -0.25) is 4.98 Å². The molecule has 100 valence electrons. The molecule has 2 nitrogen and oxygen atoms in total. The van der Waals surface area contributed by atoms with Crippen LogP contribution in [0.5, 0.6) is 0 Å². The van der Waals surface area contributed by atoms with Gasteiger partial charge in [0.05, 0.1) is 0 Å². The van der Waals surface area contributed by atoms with Gasteiger partial charge >= 0.3 is 0 Å². The Balaban J connectivity index is 1.87. The van der Waals surface area contributed by atoms with Crippen molar-refractivity contribution in [3.05, 3.63) is 66.0 Å². The number of hydrogen-bond acceptors (Lipinski definition) is 2. The van der Waals surface area contributed by atoms with Gasteiger partial charge in [0.2, 0.25) is 0 Å². The third kappa shape index (κ3) is 4.49. The lowest BCUT2D eigenvalue weighted by Gasteiger charge is -2.18. The molecule has 0 amide bonds. The van der Waals surface area contributed by atoms with E-state index in [0.717, 1.165) is 13.0 Å². The quantitative estimate of drug-likeness (QED) is 0.814. The van der Waals surface area contributed by atoms with Crippen molar-refractivity contribution in [2.45, 2.75) is 32.2 Å². The van der Waals surface area contributed by atoms with E-state index in [-0.39, 0.29) is 0 Å². The van der Waals surface area contributed by atoms with Crippen LogP contribution in [0.4, 0.5) is 0 Å². The van der Waals surface area contributed by atoms with E-state index in [1.165, 1.54) is 24.0 Å². The molecule has 2 aromatic rings. The Morgan fingerprint density at radius 3 is 2.47 bits per heavy atom. The molecule has 1 N–H and O–H groups in total. The van der Waals surface area contributed by atoms with E-state index in [0.29, 0.717) is 6.04 Å². The van der Waals surface area contributed by atoms with E-state index in [9.17, 15) is 0 Å². The van der Waals surface area contributed by atoms with E-state index < -0.39 is 0 Å². The number of benzene rings is 1. The maximum absolute atomic E-state index is 4.05. The summed E-state index contributed by atoms with van der Waals surface area (Å²) in [6, 6.07) is 15.4. The summed E-state index contributed by atoms with van der Waals surface area (Å²) in [7, 11) is 0. The minimum atomic E-state index is 0.466. The lowest BCUT2D eigenvalue weighted by atomic mass is 9.99. The topological polar surface area (TPSA) is 24.9 Å². The SMILES string of the molecule is CCNC(CCCc1ccncc1)c1ccccc1. The second-order valence-corrected chi connectivity index (χ2v) is 4.77. The summed E-state index contributed by atoms with van der Waals surface area (Å²) in [6.45, 7) is 3.17. The highest BCUT2D eigenvalue weighted by molar-refractivity contribution is 5.19. The first kappa shape index (κ1) is 13.8. The average molecular weight is 254 g/mol. The fourth-order valence-corrected chi connectivity index (χ4v) is 2.38. The number of nitrogens with zero attached hydrogens (tertiary/aromatic N) is 1. The Bertz CT molecular complexity index is 453. The number of aromatic nitrogens is 1. The van der Waals surface area contributed by atoms with Crippen molar-refractivity contribution in [1.29, 1.82) is 0 Å².